The lowest BCUT2D eigenvalue weighted by molar-refractivity contribution is 0.102. The number of nitrogens with one attached hydrogen (secondary N) is 2. The summed E-state index contributed by atoms with van der Waals surface area (Å²) >= 11 is 0. The molecule has 0 fully saturated rings. The first kappa shape index (κ1) is 17.6. The highest BCUT2D eigenvalue weighted by atomic mass is 19.1. The Labute approximate surface area is 156 Å². The van der Waals surface area contributed by atoms with Crippen LogP contribution in [0.4, 0.5) is 10.1 Å². The predicted octanol–water partition coefficient (Wildman–Crippen LogP) is 3.36. The Kier molecular flexibility index (Phi) is 4.39. The number of carbonyl (C=O) groups excluding carboxylic acids is 1. The van der Waals surface area contributed by atoms with Crippen LogP contribution in [0.2, 0.25) is 0 Å². The summed E-state index contributed by atoms with van der Waals surface area (Å²) in [7, 11) is 0. The summed E-state index contributed by atoms with van der Waals surface area (Å²) in [6.45, 7) is 7.24. The van der Waals surface area contributed by atoms with Crippen molar-refractivity contribution in [2.45, 2.75) is 39.8 Å². The SMILES string of the molecule is Cc1cc(C(=O)Nc2ccc3c(c2F)CCNC3)c2cnn(C(C)C)c2n1. The molecule has 0 bridgehead atoms. The third-order valence-corrected chi connectivity index (χ3v) is 4.88. The van der Waals surface area contributed by atoms with E-state index < -0.39 is 0 Å². The molecule has 2 N–H and O–H groups in total. The van der Waals surface area contributed by atoms with Gasteiger partial charge in [0, 0.05) is 18.3 Å². The molecule has 0 atom stereocenters. The first-order chi connectivity index (χ1) is 13.0. The molecule has 4 rings (SSSR count). The van der Waals surface area contributed by atoms with Crippen molar-refractivity contribution >= 4 is 22.6 Å². The van der Waals surface area contributed by atoms with Crippen molar-refractivity contribution in [1.29, 1.82) is 0 Å². The molecule has 1 aliphatic rings. The number of hydrogen-bond donors (Lipinski definition) is 2. The monoisotopic (exact) mass is 367 g/mol. The highest BCUT2D eigenvalue weighted by Gasteiger charge is 2.20. The molecule has 2 aromatic heterocycles. The van der Waals surface area contributed by atoms with E-state index >= 15 is 0 Å². The summed E-state index contributed by atoms with van der Waals surface area (Å²) in [6.07, 6.45) is 2.26. The number of rotatable bonds is 3. The standard InChI is InChI=1S/C20H22FN5O/c1-11(2)26-19-16(10-23-26)15(8-12(3)24-19)20(27)25-17-5-4-13-9-22-7-6-14(13)18(17)21/h4-5,8,10-11,22H,6-7,9H2,1-3H3,(H,25,27). The van der Waals surface area contributed by atoms with E-state index in [1.165, 1.54) is 0 Å². The number of anilines is 1. The fourth-order valence-corrected chi connectivity index (χ4v) is 3.53. The maximum Gasteiger partial charge on any atom is 0.256 e. The van der Waals surface area contributed by atoms with Crippen molar-refractivity contribution in [3.8, 4) is 0 Å². The molecule has 140 valence electrons. The Balaban J connectivity index is 1.72. The van der Waals surface area contributed by atoms with Crippen LogP contribution in [-0.2, 0) is 13.0 Å². The quantitative estimate of drug-likeness (QED) is 0.745. The van der Waals surface area contributed by atoms with Gasteiger partial charge in [-0.05, 0) is 57.0 Å². The number of hydrogen-bond acceptors (Lipinski definition) is 4. The number of amides is 1. The minimum atomic E-state index is -0.360. The van der Waals surface area contributed by atoms with Gasteiger partial charge in [0.05, 0.1) is 22.8 Å². The van der Waals surface area contributed by atoms with Crippen LogP contribution in [0.1, 0.15) is 47.1 Å². The normalized spacial score (nSPS) is 13.8. The third-order valence-electron chi connectivity index (χ3n) is 4.88. The Hall–Kier alpha value is -2.80. The molecule has 0 radical (unpaired) electrons. The van der Waals surface area contributed by atoms with Crippen molar-refractivity contribution in [3.63, 3.8) is 0 Å². The van der Waals surface area contributed by atoms with Gasteiger partial charge >= 0.3 is 0 Å². The van der Waals surface area contributed by atoms with Crippen LogP contribution in [0.3, 0.4) is 0 Å². The lowest BCUT2D eigenvalue weighted by Crippen LogP contribution is -2.25. The van der Waals surface area contributed by atoms with Crippen LogP contribution in [0.5, 0.6) is 0 Å². The summed E-state index contributed by atoms with van der Waals surface area (Å²) in [6, 6.07) is 5.33. The Bertz CT molecular complexity index is 1040. The van der Waals surface area contributed by atoms with Gasteiger partial charge in [0.1, 0.15) is 5.82 Å². The molecule has 7 heteroatoms. The zero-order valence-electron chi connectivity index (χ0n) is 15.6. The van der Waals surface area contributed by atoms with Gasteiger partial charge in [-0.3, -0.25) is 4.79 Å². The first-order valence-electron chi connectivity index (χ1n) is 9.13. The lowest BCUT2D eigenvalue weighted by Gasteiger charge is -2.19. The number of carbonyl (C=O) groups is 1. The topological polar surface area (TPSA) is 71.8 Å². The van der Waals surface area contributed by atoms with Crippen LogP contribution in [0.25, 0.3) is 11.0 Å². The number of aryl methyl sites for hydroxylation is 1. The van der Waals surface area contributed by atoms with E-state index in [1.807, 2.05) is 26.8 Å². The van der Waals surface area contributed by atoms with Gasteiger partial charge in [-0.1, -0.05) is 6.07 Å². The molecule has 0 spiro atoms. The minimum absolute atomic E-state index is 0.124. The number of fused-ring (bicyclic) bond motifs is 2. The van der Waals surface area contributed by atoms with Gasteiger partial charge in [-0.25, -0.2) is 14.1 Å². The molecule has 1 aromatic carbocycles. The lowest BCUT2D eigenvalue weighted by atomic mass is 9.99. The van der Waals surface area contributed by atoms with Gasteiger partial charge in [-0.15, -0.1) is 0 Å². The van der Waals surface area contributed by atoms with Gasteiger partial charge in [-0.2, -0.15) is 5.10 Å². The number of halogens is 1. The van der Waals surface area contributed by atoms with Crippen molar-refractivity contribution < 1.29 is 9.18 Å². The van der Waals surface area contributed by atoms with Crippen molar-refractivity contribution in [3.05, 3.63) is 52.6 Å². The second-order valence-electron chi connectivity index (χ2n) is 7.18. The van der Waals surface area contributed by atoms with Crippen LogP contribution < -0.4 is 10.6 Å². The predicted molar refractivity (Wildman–Crippen MR) is 102 cm³/mol. The molecular formula is C20H22FN5O. The van der Waals surface area contributed by atoms with Gasteiger partial charge < -0.3 is 10.6 Å². The zero-order chi connectivity index (χ0) is 19.1. The highest BCUT2D eigenvalue weighted by molar-refractivity contribution is 6.12. The van der Waals surface area contributed by atoms with E-state index in [4.69, 9.17) is 0 Å². The molecule has 0 unspecified atom stereocenters. The molecular weight excluding hydrogens is 345 g/mol. The smallest absolute Gasteiger partial charge is 0.256 e. The number of nitrogens with zero attached hydrogens (tertiary/aromatic N) is 3. The average Bonchev–Trinajstić information content (AvgIpc) is 3.07. The minimum Gasteiger partial charge on any atom is -0.319 e. The zero-order valence-corrected chi connectivity index (χ0v) is 15.6. The second kappa shape index (κ2) is 6.74. The molecule has 3 aromatic rings. The molecule has 3 heterocycles. The van der Waals surface area contributed by atoms with Gasteiger partial charge in [0.15, 0.2) is 5.65 Å². The first-order valence-corrected chi connectivity index (χ1v) is 9.13. The van der Waals surface area contributed by atoms with Crippen LogP contribution >= 0.6 is 0 Å². The van der Waals surface area contributed by atoms with E-state index in [-0.39, 0.29) is 23.5 Å². The van der Waals surface area contributed by atoms with Crippen molar-refractivity contribution in [2.24, 2.45) is 0 Å². The molecule has 0 saturated heterocycles. The number of aromatic nitrogens is 3. The maximum atomic E-state index is 14.9. The third kappa shape index (κ3) is 3.08. The van der Waals surface area contributed by atoms with Crippen molar-refractivity contribution in [2.75, 3.05) is 11.9 Å². The molecule has 1 amide bonds. The molecule has 0 aliphatic carbocycles. The maximum absolute atomic E-state index is 14.9. The summed E-state index contributed by atoms with van der Waals surface area (Å²) < 4.78 is 16.6. The largest absolute Gasteiger partial charge is 0.319 e. The average molecular weight is 367 g/mol. The van der Waals surface area contributed by atoms with Crippen molar-refractivity contribution in [1.82, 2.24) is 20.1 Å². The summed E-state index contributed by atoms with van der Waals surface area (Å²) in [5, 5.41) is 11.0. The van der Waals surface area contributed by atoms with Gasteiger partial charge in [0.2, 0.25) is 0 Å². The summed E-state index contributed by atoms with van der Waals surface area (Å²) in [4.78, 5) is 17.4. The van der Waals surface area contributed by atoms with E-state index in [2.05, 4.69) is 20.7 Å². The molecule has 1 aliphatic heterocycles. The molecule has 27 heavy (non-hydrogen) atoms. The van der Waals surface area contributed by atoms with Gasteiger partial charge in [0.25, 0.3) is 5.91 Å². The number of benzene rings is 1. The van der Waals surface area contributed by atoms with E-state index in [0.717, 1.165) is 12.1 Å². The van der Waals surface area contributed by atoms with E-state index in [1.54, 1.807) is 23.0 Å². The van der Waals surface area contributed by atoms with Crippen LogP contribution in [0, 0.1) is 12.7 Å². The van der Waals surface area contributed by atoms with Crippen LogP contribution in [-0.4, -0.2) is 27.2 Å². The van der Waals surface area contributed by atoms with Crippen LogP contribution in [0.15, 0.2) is 24.4 Å². The van der Waals surface area contributed by atoms with E-state index in [9.17, 15) is 9.18 Å². The Morgan fingerprint density at radius 2 is 2.19 bits per heavy atom. The fourth-order valence-electron chi connectivity index (χ4n) is 3.53. The second-order valence-corrected chi connectivity index (χ2v) is 7.18. The fraction of sp³-hybridized carbons (Fsp3) is 0.350. The summed E-state index contributed by atoms with van der Waals surface area (Å²) in [5.41, 5.74) is 3.65. The summed E-state index contributed by atoms with van der Waals surface area (Å²) in [5.74, 6) is -0.705. The molecule has 0 saturated carbocycles. The van der Waals surface area contributed by atoms with E-state index in [0.29, 0.717) is 40.8 Å². The Morgan fingerprint density at radius 1 is 1.37 bits per heavy atom. The highest BCUT2D eigenvalue weighted by Crippen LogP contribution is 2.26. The number of pyridine rings is 1. The Morgan fingerprint density at radius 3 is 2.96 bits per heavy atom. The molecule has 6 nitrogen and oxygen atoms in total.